The van der Waals surface area contributed by atoms with Crippen LogP contribution in [0.5, 0.6) is 17.2 Å². The highest BCUT2D eigenvalue weighted by Crippen LogP contribution is 2.40. The van der Waals surface area contributed by atoms with Gasteiger partial charge in [-0.3, -0.25) is 10.1 Å². The summed E-state index contributed by atoms with van der Waals surface area (Å²) in [5.41, 5.74) is 0.232. The van der Waals surface area contributed by atoms with Crippen molar-refractivity contribution < 1.29 is 27.6 Å². The maximum atomic E-state index is 13.0. The number of benzene rings is 3. The Hall–Kier alpha value is -4.56. The number of nitro benzene ring substituents is 1. The number of aromatic nitrogens is 2. The number of aromatic amines is 1. The van der Waals surface area contributed by atoms with Crippen LogP contribution in [0.15, 0.2) is 60.7 Å². The number of hydrogen-bond acceptors (Lipinski definition) is 6. The van der Waals surface area contributed by atoms with Crippen molar-refractivity contribution in [2.45, 2.75) is 6.18 Å². The number of nitrogens with one attached hydrogen (secondary N) is 1. The second-order valence-corrected chi connectivity index (χ2v) is 7.22. The zero-order valence-corrected chi connectivity index (χ0v) is 19.2. The van der Waals surface area contributed by atoms with Gasteiger partial charge in [-0.05, 0) is 48.0 Å². The van der Waals surface area contributed by atoms with Crippen LogP contribution in [0.2, 0.25) is 0 Å². The number of ether oxygens (including phenoxy) is 2. The molecule has 0 aliphatic carbocycles. The molecule has 8 nitrogen and oxygen atoms in total. The van der Waals surface area contributed by atoms with Crippen molar-refractivity contribution >= 4 is 40.8 Å². The largest absolute Gasteiger partial charge is 0.493 e. The van der Waals surface area contributed by atoms with E-state index in [0.29, 0.717) is 29.0 Å². The molecule has 0 fully saturated rings. The standard InChI is InChI=1S/C24H15F3N4O4.ClH/c1-34-22-11-14(10-15(13-28)23-29-17-4-2-3-5-18(17)30-23)6-8-21(22)35-20-9-7-16(24(25,26)27)12-19(20)31(32)33;/h2-12H,1H3,(H,29,30);1H/b15-10+;. The summed E-state index contributed by atoms with van der Waals surface area (Å²) < 4.78 is 49.7. The van der Waals surface area contributed by atoms with Crippen LogP contribution in [-0.2, 0) is 6.18 Å². The highest BCUT2D eigenvalue weighted by molar-refractivity contribution is 5.90. The Kier molecular flexibility index (Phi) is 7.50. The normalized spacial score (nSPS) is 11.5. The summed E-state index contributed by atoms with van der Waals surface area (Å²) >= 11 is 0. The first-order valence-corrected chi connectivity index (χ1v) is 9.98. The van der Waals surface area contributed by atoms with Crippen molar-refractivity contribution in [3.8, 4) is 23.3 Å². The molecule has 0 aliphatic heterocycles. The van der Waals surface area contributed by atoms with E-state index in [1.165, 1.54) is 19.2 Å². The zero-order valence-electron chi connectivity index (χ0n) is 18.4. The second-order valence-electron chi connectivity index (χ2n) is 7.22. The number of para-hydroxylation sites is 2. The van der Waals surface area contributed by atoms with E-state index in [1.807, 2.05) is 18.2 Å². The lowest BCUT2D eigenvalue weighted by molar-refractivity contribution is -0.385. The van der Waals surface area contributed by atoms with Crippen LogP contribution in [0.4, 0.5) is 18.9 Å². The Labute approximate surface area is 208 Å². The van der Waals surface area contributed by atoms with Crippen molar-refractivity contribution in [1.29, 1.82) is 5.26 Å². The van der Waals surface area contributed by atoms with Gasteiger partial charge in [0.15, 0.2) is 11.5 Å². The third-order valence-electron chi connectivity index (χ3n) is 4.97. The van der Waals surface area contributed by atoms with Gasteiger partial charge in [-0.2, -0.15) is 18.4 Å². The number of hydrogen-bond donors (Lipinski definition) is 1. The predicted molar refractivity (Wildman–Crippen MR) is 128 cm³/mol. The van der Waals surface area contributed by atoms with Gasteiger partial charge in [-0.15, -0.1) is 12.4 Å². The number of nitro groups is 1. The molecule has 0 unspecified atom stereocenters. The highest BCUT2D eigenvalue weighted by Gasteiger charge is 2.33. The first-order chi connectivity index (χ1) is 16.7. The summed E-state index contributed by atoms with van der Waals surface area (Å²) in [6.07, 6.45) is -3.18. The molecule has 1 N–H and O–H groups in total. The van der Waals surface area contributed by atoms with Gasteiger partial charge in [0.05, 0.1) is 34.2 Å². The van der Waals surface area contributed by atoms with Crippen molar-refractivity contribution in [3.05, 3.63) is 87.7 Å². The number of rotatable bonds is 6. The monoisotopic (exact) mass is 516 g/mol. The number of H-pyrrole nitrogens is 1. The molecule has 1 heterocycles. The third kappa shape index (κ3) is 5.39. The zero-order chi connectivity index (χ0) is 25.2. The summed E-state index contributed by atoms with van der Waals surface area (Å²) in [4.78, 5) is 17.8. The van der Waals surface area contributed by atoms with Crippen LogP contribution in [0.1, 0.15) is 17.0 Å². The molecule has 0 spiro atoms. The molecule has 36 heavy (non-hydrogen) atoms. The summed E-state index contributed by atoms with van der Waals surface area (Å²) in [7, 11) is 1.33. The summed E-state index contributed by atoms with van der Waals surface area (Å²) in [6, 6.07) is 15.9. The number of methoxy groups -OCH3 is 1. The van der Waals surface area contributed by atoms with Gasteiger partial charge >= 0.3 is 11.9 Å². The summed E-state index contributed by atoms with van der Waals surface area (Å²) in [5, 5.41) is 21.0. The van der Waals surface area contributed by atoms with Gasteiger partial charge in [0.25, 0.3) is 0 Å². The quantitative estimate of drug-likeness (QED) is 0.172. The maximum Gasteiger partial charge on any atom is 0.416 e. The Morgan fingerprint density at radius 1 is 1.11 bits per heavy atom. The molecule has 0 aliphatic rings. The van der Waals surface area contributed by atoms with E-state index in [0.717, 1.165) is 11.6 Å². The third-order valence-corrected chi connectivity index (χ3v) is 4.97. The molecule has 4 aromatic rings. The Morgan fingerprint density at radius 3 is 2.47 bits per heavy atom. The van der Waals surface area contributed by atoms with Crippen LogP contribution >= 0.6 is 12.4 Å². The van der Waals surface area contributed by atoms with E-state index in [9.17, 15) is 28.5 Å². The Bertz CT molecular complexity index is 1480. The predicted octanol–water partition coefficient (Wildman–Crippen LogP) is 6.78. The lowest BCUT2D eigenvalue weighted by Gasteiger charge is -2.13. The molecule has 0 bridgehead atoms. The molecular weight excluding hydrogens is 501 g/mol. The fraction of sp³-hybridized carbons (Fsp3) is 0.0833. The van der Waals surface area contributed by atoms with Crippen LogP contribution in [0.25, 0.3) is 22.7 Å². The van der Waals surface area contributed by atoms with Crippen LogP contribution in [-0.4, -0.2) is 22.0 Å². The van der Waals surface area contributed by atoms with Gasteiger partial charge in [-0.1, -0.05) is 18.2 Å². The van der Waals surface area contributed by atoms with Crippen molar-refractivity contribution in [1.82, 2.24) is 9.97 Å². The molecule has 0 radical (unpaired) electrons. The van der Waals surface area contributed by atoms with E-state index in [1.54, 1.807) is 18.2 Å². The van der Waals surface area contributed by atoms with E-state index in [2.05, 4.69) is 16.0 Å². The lowest BCUT2D eigenvalue weighted by atomic mass is 10.1. The van der Waals surface area contributed by atoms with Gasteiger partial charge in [-0.25, -0.2) is 4.98 Å². The van der Waals surface area contributed by atoms with Crippen LogP contribution in [0, 0.1) is 21.4 Å². The number of allylic oxidation sites excluding steroid dienone is 1. The van der Waals surface area contributed by atoms with Crippen molar-refractivity contribution in [2.75, 3.05) is 7.11 Å². The number of imidazole rings is 1. The topological polar surface area (TPSA) is 114 Å². The second kappa shape index (κ2) is 10.4. The minimum Gasteiger partial charge on any atom is -0.493 e. The van der Waals surface area contributed by atoms with Crippen molar-refractivity contribution in [2.24, 2.45) is 0 Å². The molecule has 0 saturated carbocycles. The Morgan fingerprint density at radius 2 is 1.83 bits per heavy atom. The van der Waals surface area contributed by atoms with Crippen LogP contribution < -0.4 is 9.47 Å². The lowest BCUT2D eigenvalue weighted by Crippen LogP contribution is -2.06. The highest BCUT2D eigenvalue weighted by atomic mass is 35.5. The number of fused-ring (bicyclic) bond motifs is 1. The van der Waals surface area contributed by atoms with Gasteiger partial charge in [0.1, 0.15) is 11.9 Å². The first kappa shape index (κ1) is 26.1. The molecule has 0 atom stereocenters. The number of nitriles is 1. The maximum absolute atomic E-state index is 13.0. The molecule has 0 amide bonds. The van der Waals surface area contributed by atoms with E-state index < -0.39 is 22.4 Å². The smallest absolute Gasteiger partial charge is 0.416 e. The molecule has 4 rings (SSSR count). The van der Waals surface area contributed by atoms with Crippen molar-refractivity contribution in [3.63, 3.8) is 0 Å². The SMILES string of the molecule is COc1cc(/C=C(\C#N)c2nc3ccccc3[nH]2)ccc1Oc1ccc(C(F)(F)F)cc1[N+](=O)[O-].Cl. The van der Waals surface area contributed by atoms with E-state index in [4.69, 9.17) is 9.47 Å². The minimum absolute atomic E-state index is 0. The average Bonchev–Trinajstić information content (AvgIpc) is 3.26. The summed E-state index contributed by atoms with van der Waals surface area (Å²) in [5.74, 6) is 0.169. The summed E-state index contributed by atoms with van der Waals surface area (Å²) in [6.45, 7) is 0. The number of halogens is 4. The minimum atomic E-state index is -4.74. The molecule has 3 aromatic carbocycles. The average molecular weight is 517 g/mol. The van der Waals surface area contributed by atoms with Crippen LogP contribution in [0.3, 0.4) is 0 Å². The van der Waals surface area contributed by atoms with Gasteiger partial charge < -0.3 is 14.5 Å². The van der Waals surface area contributed by atoms with E-state index in [-0.39, 0.29) is 35.2 Å². The fourth-order valence-electron chi connectivity index (χ4n) is 3.30. The van der Waals surface area contributed by atoms with Gasteiger partial charge in [0, 0.05) is 6.07 Å². The molecule has 1 aromatic heterocycles. The first-order valence-electron chi connectivity index (χ1n) is 9.98. The number of alkyl halides is 3. The van der Waals surface area contributed by atoms with Gasteiger partial charge in [0.2, 0.25) is 5.75 Å². The molecule has 12 heteroatoms. The van der Waals surface area contributed by atoms with E-state index >= 15 is 0 Å². The molecule has 0 saturated heterocycles. The number of nitrogens with zero attached hydrogens (tertiary/aromatic N) is 3. The Balaban J connectivity index is 0.00000361. The molecule has 184 valence electrons. The molecular formula is C24H16ClF3N4O4. The fourth-order valence-corrected chi connectivity index (χ4v) is 3.30.